The highest BCUT2D eigenvalue weighted by Crippen LogP contribution is 2.35. The molecule has 1 atom stereocenters. The average Bonchev–Trinajstić information content (AvgIpc) is 3.40. The van der Waals surface area contributed by atoms with Crippen molar-refractivity contribution < 1.29 is 23.6 Å². The van der Waals surface area contributed by atoms with Crippen LogP contribution in [0.25, 0.3) is 11.4 Å². The number of hydrogen-bond donors (Lipinski definition) is 1. The molecule has 0 aliphatic carbocycles. The van der Waals surface area contributed by atoms with Crippen LogP contribution in [0.5, 0.6) is 5.75 Å². The van der Waals surface area contributed by atoms with Gasteiger partial charge in [-0.3, -0.25) is 9.59 Å². The Morgan fingerprint density at radius 2 is 2.29 bits per heavy atom. The molecule has 0 saturated carbocycles. The van der Waals surface area contributed by atoms with E-state index in [1.807, 2.05) is 6.92 Å². The fourth-order valence-electron chi connectivity index (χ4n) is 3.33. The van der Waals surface area contributed by atoms with E-state index in [1.165, 1.54) is 0 Å². The van der Waals surface area contributed by atoms with Crippen molar-refractivity contribution >= 4 is 17.5 Å². The molecule has 2 aromatic rings. The second kappa shape index (κ2) is 7.97. The van der Waals surface area contributed by atoms with Crippen molar-refractivity contribution in [3.8, 4) is 17.1 Å². The number of amides is 2. The monoisotopic (exact) mass is 386 g/mol. The Labute approximate surface area is 162 Å². The molecule has 0 bridgehead atoms. The van der Waals surface area contributed by atoms with Crippen molar-refractivity contribution in [2.24, 2.45) is 0 Å². The Balaban J connectivity index is 1.48. The van der Waals surface area contributed by atoms with E-state index in [0.29, 0.717) is 24.4 Å². The Hall–Kier alpha value is -2.94. The van der Waals surface area contributed by atoms with Crippen LogP contribution in [-0.2, 0) is 9.53 Å². The van der Waals surface area contributed by atoms with Crippen molar-refractivity contribution in [1.29, 1.82) is 0 Å². The Morgan fingerprint density at radius 1 is 1.39 bits per heavy atom. The third-order valence-corrected chi connectivity index (χ3v) is 4.74. The maximum absolute atomic E-state index is 12.2. The molecule has 1 saturated heterocycles. The van der Waals surface area contributed by atoms with Gasteiger partial charge >= 0.3 is 11.8 Å². The lowest BCUT2D eigenvalue weighted by Gasteiger charge is -2.29. The number of carbonyl (C=O) groups is 2. The minimum absolute atomic E-state index is 0.000406. The number of benzene rings is 1. The van der Waals surface area contributed by atoms with Gasteiger partial charge in [-0.25, -0.2) is 0 Å². The maximum atomic E-state index is 12.2. The highest BCUT2D eigenvalue weighted by molar-refractivity contribution is 5.98. The van der Waals surface area contributed by atoms with Gasteiger partial charge in [-0.1, -0.05) is 12.1 Å². The lowest BCUT2D eigenvalue weighted by atomic mass is 10.1. The van der Waals surface area contributed by atoms with E-state index in [0.717, 1.165) is 31.6 Å². The molecule has 1 fully saturated rings. The molecule has 148 valence electrons. The first kappa shape index (κ1) is 18.4. The van der Waals surface area contributed by atoms with E-state index in [4.69, 9.17) is 14.0 Å². The number of rotatable bonds is 6. The second-order valence-corrected chi connectivity index (χ2v) is 6.78. The lowest BCUT2D eigenvalue weighted by Crippen LogP contribution is -2.39. The van der Waals surface area contributed by atoms with E-state index in [9.17, 15) is 9.59 Å². The zero-order valence-corrected chi connectivity index (χ0v) is 15.6. The number of anilines is 1. The fraction of sp³-hybridized carbons (Fsp3) is 0.474. The molecule has 3 heterocycles. The number of hydrogen-bond acceptors (Lipinski definition) is 7. The largest absolute Gasteiger partial charge is 0.482 e. The van der Waals surface area contributed by atoms with E-state index >= 15 is 0 Å². The van der Waals surface area contributed by atoms with Gasteiger partial charge < -0.3 is 24.2 Å². The van der Waals surface area contributed by atoms with E-state index in [2.05, 4.69) is 15.5 Å². The third-order valence-electron chi connectivity index (χ3n) is 4.74. The fourth-order valence-corrected chi connectivity index (χ4v) is 3.33. The number of nitrogens with zero attached hydrogens (tertiary/aromatic N) is 3. The summed E-state index contributed by atoms with van der Waals surface area (Å²) in [5.41, 5.74) is 1.37. The molecule has 1 N–H and O–H groups in total. The van der Waals surface area contributed by atoms with Crippen LogP contribution in [0.4, 0.5) is 5.69 Å². The first-order chi connectivity index (χ1) is 13.7. The molecule has 0 radical (unpaired) electrons. The molecule has 9 heteroatoms. The van der Waals surface area contributed by atoms with E-state index < -0.39 is 5.91 Å². The second-order valence-electron chi connectivity index (χ2n) is 6.78. The van der Waals surface area contributed by atoms with Crippen LogP contribution in [0.15, 0.2) is 22.7 Å². The van der Waals surface area contributed by atoms with Gasteiger partial charge in [-0.2, -0.15) is 4.98 Å². The molecule has 0 spiro atoms. The number of carbonyl (C=O) groups excluding carboxylic acids is 2. The van der Waals surface area contributed by atoms with Gasteiger partial charge in [0, 0.05) is 25.3 Å². The number of fused-ring (bicyclic) bond motifs is 1. The number of ether oxygens (including phenoxy) is 2. The molecule has 1 unspecified atom stereocenters. The summed E-state index contributed by atoms with van der Waals surface area (Å²) in [6.45, 7) is 3.80. The standard InChI is InChI=1S/C19H22N4O5/c1-2-7-23-14-6-5-12(9-15(14)27-11-16(23)24)17-21-19(28-22-17)18(25)20-10-13-4-3-8-26-13/h5-6,9,13H,2-4,7-8,10-11H2,1H3,(H,20,25). The van der Waals surface area contributed by atoms with Gasteiger partial charge in [-0.15, -0.1) is 0 Å². The topological polar surface area (TPSA) is 107 Å². The molecule has 28 heavy (non-hydrogen) atoms. The summed E-state index contributed by atoms with van der Waals surface area (Å²) in [4.78, 5) is 30.1. The summed E-state index contributed by atoms with van der Waals surface area (Å²) >= 11 is 0. The predicted molar refractivity (Wildman–Crippen MR) is 99.2 cm³/mol. The first-order valence-electron chi connectivity index (χ1n) is 9.47. The average molecular weight is 386 g/mol. The van der Waals surface area contributed by atoms with Gasteiger partial charge in [0.05, 0.1) is 11.8 Å². The summed E-state index contributed by atoms with van der Waals surface area (Å²) in [6, 6.07) is 5.33. The summed E-state index contributed by atoms with van der Waals surface area (Å²) in [6.07, 6.45) is 2.83. The van der Waals surface area contributed by atoms with Crippen LogP contribution >= 0.6 is 0 Å². The molecular weight excluding hydrogens is 364 g/mol. The van der Waals surface area contributed by atoms with Crippen LogP contribution in [-0.4, -0.2) is 54.4 Å². The van der Waals surface area contributed by atoms with Gasteiger partial charge in [0.1, 0.15) is 5.75 Å². The van der Waals surface area contributed by atoms with Crippen molar-refractivity contribution in [1.82, 2.24) is 15.5 Å². The number of aromatic nitrogens is 2. The van der Waals surface area contributed by atoms with Crippen LogP contribution in [0.3, 0.4) is 0 Å². The molecular formula is C19H22N4O5. The predicted octanol–water partition coefficient (Wildman–Crippen LogP) is 1.78. The van der Waals surface area contributed by atoms with Crippen molar-refractivity contribution in [2.45, 2.75) is 32.3 Å². The third kappa shape index (κ3) is 3.70. The van der Waals surface area contributed by atoms with Gasteiger partial charge in [0.25, 0.3) is 5.91 Å². The molecule has 2 aliphatic rings. The highest BCUT2D eigenvalue weighted by Gasteiger charge is 2.26. The van der Waals surface area contributed by atoms with Gasteiger partial charge in [-0.05, 0) is 37.5 Å². The Bertz CT molecular complexity index is 875. The van der Waals surface area contributed by atoms with Crippen molar-refractivity contribution in [3.05, 3.63) is 24.1 Å². The Morgan fingerprint density at radius 3 is 3.07 bits per heavy atom. The van der Waals surface area contributed by atoms with Gasteiger partial charge in [0.2, 0.25) is 5.82 Å². The molecule has 2 amide bonds. The molecule has 9 nitrogen and oxygen atoms in total. The van der Waals surface area contributed by atoms with Crippen LogP contribution < -0.4 is 15.0 Å². The maximum Gasteiger partial charge on any atom is 0.316 e. The minimum atomic E-state index is -0.428. The zero-order chi connectivity index (χ0) is 19.5. The quantitative estimate of drug-likeness (QED) is 0.806. The lowest BCUT2D eigenvalue weighted by molar-refractivity contribution is -0.121. The molecule has 1 aromatic carbocycles. The first-order valence-corrected chi connectivity index (χ1v) is 9.47. The van der Waals surface area contributed by atoms with Crippen molar-refractivity contribution in [2.75, 3.05) is 31.2 Å². The van der Waals surface area contributed by atoms with E-state index in [1.54, 1.807) is 23.1 Å². The summed E-state index contributed by atoms with van der Waals surface area (Å²) in [5.74, 6) is 0.275. The van der Waals surface area contributed by atoms with Crippen LogP contribution in [0.1, 0.15) is 36.9 Å². The summed E-state index contributed by atoms with van der Waals surface area (Å²) in [5, 5.41) is 6.64. The van der Waals surface area contributed by atoms with Crippen molar-refractivity contribution in [3.63, 3.8) is 0 Å². The molecule has 1 aromatic heterocycles. The minimum Gasteiger partial charge on any atom is -0.482 e. The van der Waals surface area contributed by atoms with Crippen LogP contribution in [0.2, 0.25) is 0 Å². The molecule has 4 rings (SSSR count). The van der Waals surface area contributed by atoms with Gasteiger partial charge in [0.15, 0.2) is 6.61 Å². The summed E-state index contributed by atoms with van der Waals surface area (Å²) < 4.78 is 16.1. The Kier molecular flexibility index (Phi) is 5.25. The van der Waals surface area contributed by atoms with Crippen LogP contribution in [0, 0.1) is 0 Å². The smallest absolute Gasteiger partial charge is 0.316 e. The number of nitrogens with one attached hydrogen (secondary N) is 1. The normalized spacial score (nSPS) is 18.7. The molecule has 2 aliphatic heterocycles. The summed E-state index contributed by atoms with van der Waals surface area (Å²) in [7, 11) is 0. The zero-order valence-electron chi connectivity index (χ0n) is 15.6. The highest BCUT2D eigenvalue weighted by atomic mass is 16.5. The SMILES string of the molecule is CCCN1C(=O)COc2cc(-c3noc(C(=O)NCC4CCCO4)n3)ccc21. The van der Waals surface area contributed by atoms with E-state index in [-0.39, 0.29) is 30.3 Å².